The number of hydrogen-bond acceptors (Lipinski definition) is 5. The summed E-state index contributed by atoms with van der Waals surface area (Å²) < 4.78 is 14.4. The Labute approximate surface area is 162 Å². The normalized spacial score (nSPS) is 10.7. The van der Waals surface area contributed by atoms with E-state index in [0.717, 1.165) is 23.3 Å². The molecule has 2 aromatic carbocycles. The van der Waals surface area contributed by atoms with E-state index >= 15 is 0 Å². The zero-order chi connectivity index (χ0) is 18.5. The molecule has 1 aromatic heterocycles. The van der Waals surface area contributed by atoms with E-state index in [9.17, 15) is 9.18 Å². The van der Waals surface area contributed by atoms with Gasteiger partial charge in [-0.15, -0.1) is 0 Å². The van der Waals surface area contributed by atoms with Crippen LogP contribution in [0.1, 0.15) is 6.92 Å². The minimum absolute atomic E-state index is 0.0827. The maximum atomic E-state index is 13.8. The Morgan fingerprint density at radius 3 is 2.81 bits per heavy atom. The summed E-state index contributed by atoms with van der Waals surface area (Å²) >= 11 is 4.39. The summed E-state index contributed by atoms with van der Waals surface area (Å²) in [6.45, 7) is 2.72. The Hall–Kier alpha value is -2.19. The van der Waals surface area contributed by atoms with Gasteiger partial charge in [0, 0.05) is 16.4 Å². The number of rotatable bonds is 6. The summed E-state index contributed by atoms with van der Waals surface area (Å²) in [5.41, 5.74) is 0.951. The van der Waals surface area contributed by atoms with Crippen molar-refractivity contribution in [1.82, 2.24) is 9.97 Å². The van der Waals surface area contributed by atoms with Crippen LogP contribution in [0, 0.1) is 5.82 Å². The summed E-state index contributed by atoms with van der Waals surface area (Å²) in [5, 5.41) is 7.19. The van der Waals surface area contributed by atoms with E-state index in [1.165, 1.54) is 23.9 Å². The molecular weight excluding hydrogens is 419 g/mol. The van der Waals surface area contributed by atoms with Crippen molar-refractivity contribution in [3.8, 4) is 0 Å². The average molecular weight is 435 g/mol. The Bertz CT molecular complexity index is 954. The van der Waals surface area contributed by atoms with Gasteiger partial charge in [0.05, 0.1) is 17.0 Å². The molecule has 26 heavy (non-hydrogen) atoms. The molecule has 2 N–H and O–H groups in total. The van der Waals surface area contributed by atoms with Crippen molar-refractivity contribution in [1.29, 1.82) is 0 Å². The SMILES string of the molecule is CCNc1nc(SCC(=O)Nc2ccc(Br)cc2F)nc2ccccc12. The molecule has 0 radical (unpaired) electrons. The lowest BCUT2D eigenvalue weighted by molar-refractivity contribution is -0.113. The van der Waals surface area contributed by atoms with Crippen LogP contribution >= 0.6 is 27.7 Å². The van der Waals surface area contributed by atoms with Crippen LogP contribution in [0.15, 0.2) is 52.1 Å². The number of aromatic nitrogens is 2. The van der Waals surface area contributed by atoms with Gasteiger partial charge in [-0.25, -0.2) is 14.4 Å². The van der Waals surface area contributed by atoms with Crippen molar-refractivity contribution in [2.24, 2.45) is 0 Å². The van der Waals surface area contributed by atoms with Gasteiger partial charge in [-0.2, -0.15) is 0 Å². The number of anilines is 2. The van der Waals surface area contributed by atoms with Crippen molar-refractivity contribution >= 4 is 56.0 Å². The van der Waals surface area contributed by atoms with E-state index < -0.39 is 5.82 Å². The second kappa shape index (κ2) is 8.46. The van der Waals surface area contributed by atoms with E-state index in [-0.39, 0.29) is 17.3 Å². The number of halogens is 2. The first kappa shape index (κ1) is 18.6. The predicted molar refractivity (Wildman–Crippen MR) is 107 cm³/mol. The summed E-state index contributed by atoms with van der Waals surface area (Å²) in [7, 11) is 0. The lowest BCUT2D eigenvalue weighted by Crippen LogP contribution is -2.15. The standard InChI is InChI=1S/C18H16BrFN4OS/c1-2-21-17-12-5-3-4-6-14(12)23-18(24-17)26-10-16(25)22-15-8-7-11(19)9-13(15)20/h3-9H,2,10H2,1H3,(H,22,25)(H,21,23,24). The van der Waals surface area contributed by atoms with Gasteiger partial charge in [0.15, 0.2) is 5.16 Å². The van der Waals surface area contributed by atoms with Gasteiger partial charge in [-0.1, -0.05) is 39.8 Å². The lowest BCUT2D eigenvalue weighted by Gasteiger charge is -2.09. The maximum absolute atomic E-state index is 13.8. The van der Waals surface area contributed by atoms with Crippen LogP contribution in [0.3, 0.4) is 0 Å². The third-order valence-electron chi connectivity index (χ3n) is 3.46. The second-order valence-corrected chi connectivity index (χ2v) is 7.22. The zero-order valence-corrected chi connectivity index (χ0v) is 16.3. The quantitative estimate of drug-likeness (QED) is 0.434. The summed E-state index contributed by atoms with van der Waals surface area (Å²) in [6, 6.07) is 12.2. The third kappa shape index (κ3) is 4.50. The topological polar surface area (TPSA) is 66.9 Å². The van der Waals surface area contributed by atoms with Crippen molar-refractivity contribution in [2.45, 2.75) is 12.1 Å². The number of thioether (sulfide) groups is 1. The number of nitrogens with zero attached hydrogens (tertiary/aromatic N) is 2. The first-order valence-electron chi connectivity index (χ1n) is 7.95. The molecule has 0 unspecified atom stereocenters. The van der Waals surface area contributed by atoms with E-state index in [1.54, 1.807) is 6.07 Å². The number of amides is 1. The molecule has 0 bridgehead atoms. The molecule has 0 saturated heterocycles. The van der Waals surface area contributed by atoms with Crippen molar-refractivity contribution < 1.29 is 9.18 Å². The number of hydrogen-bond donors (Lipinski definition) is 2. The first-order valence-corrected chi connectivity index (χ1v) is 9.73. The lowest BCUT2D eigenvalue weighted by atomic mass is 10.2. The van der Waals surface area contributed by atoms with Gasteiger partial charge in [-0.05, 0) is 37.3 Å². The number of para-hydroxylation sites is 1. The Balaban J connectivity index is 1.71. The molecule has 1 amide bonds. The molecule has 0 saturated carbocycles. The van der Waals surface area contributed by atoms with Crippen molar-refractivity contribution in [3.63, 3.8) is 0 Å². The molecule has 8 heteroatoms. The highest BCUT2D eigenvalue weighted by atomic mass is 79.9. The van der Waals surface area contributed by atoms with Gasteiger partial charge < -0.3 is 10.6 Å². The highest BCUT2D eigenvalue weighted by Gasteiger charge is 2.11. The molecule has 5 nitrogen and oxygen atoms in total. The van der Waals surface area contributed by atoms with E-state index in [1.807, 2.05) is 31.2 Å². The van der Waals surface area contributed by atoms with Crippen LogP contribution in [0.25, 0.3) is 10.9 Å². The number of nitrogens with one attached hydrogen (secondary N) is 2. The fourth-order valence-corrected chi connectivity index (χ4v) is 3.31. The summed E-state index contributed by atoms with van der Waals surface area (Å²) in [4.78, 5) is 21.1. The second-order valence-electron chi connectivity index (χ2n) is 5.36. The number of fused-ring (bicyclic) bond motifs is 1. The molecule has 0 atom stereocenters. The van der Waals surface area contributed by atoms with Crippen molar-refractivity contribution in [2.75, 3.05) is 22.9 Å². The summed E-state index contributed by atoms with van der Waals surface area (Å²) in [5.74, 6) is 0.00595. The fourth-order valence-electron chi connectivity index (χ4n) is 2.33. The van der Waals surface area contributed by atoms with Crippen LogP contribution in [-0.2, 0) is 4.79 Å². The Morgan fingerprint density at radius 2 is 2.04 bits per heavy atom. The first-order chi connectivity index (χ1) is 12.6. The van der Waals surface area contributed by atoms with Gasteiger partial charge >= 0.3 is 0 Å². The Kier molecular flexibility index (Phi) is 6.05. The minimum Gasteiger partial charge on any atom is -0.370 e. The molecule has 0 spiro atoms. The zero-order valence-electron chi connectivity index (χ0n) is 13.9. The minimum atomic E-state index is -0.492. The Morgan fingerprint density at radius 1 is 1.23 bits per heavy atom. The van der Waals surface area contributed by atoms with Gasteiger partial charge in [-0.3, -0.25) is 4.79 Å². The molecule has 3 rings (SSSR count). The molecule has 0 aliphatic rings. The number of carbonyl (C=O) groups excluding carboxylic acids is 1. The smallest absolute Gasteiger partial charge is 0.234 e. The van der Waals surface area contributed by atoms with Crippen LogP contribution in [0.4, 0.5) is 15.9 Å². The monoisotopic (exact) mass is 434 g/mol. The van der Waals surface area contributed by atoms with E-state index in [0.29, 0.717) is 9.63 Å². The third-order valence-corrected chi connectivity index (χ3v) is 4.81. The summed E-state index contributed by atoms with van der Waals surface area (Å²) in [6.07, 6.45) is 0. The molecule has 0 aliphatic carbocycles. The largest absolute Gasteiger partial charge is 0.370 e. The van der Waals surface area contributed by atoms with E-state index in [4.69, 9.17) is 0 Å². The van der Waals surface area contributed by atoms with Crippen LogP contribution < -0.4 is 10.6 Å². The van der Waals surface area contributed by atoms with Crippen LogP contribution in [0.5, 0.6) is 0 Å². The molecule has 1 heterocycles. The van der Waals surface area contributed by atoms with Gasteiger partial charge in [0.1, 0.15) is 11.6 Å². The average Bonchev–Trinajstić information content (AvgIpc) is 2.63. The number of benzene rings is 2. The van der Waals surface area contributed by atoms with Gasteiger partial charge in [0.25, 0.3) is 0 Å². The highest BCUT2D eigenvalue weighted by Crippen LogP contribution is 2.25. The van der Waals surface area contributed by atoms with E-state index in [2.05, 4.69) is 36.5 Å². The van der Waals surface area contributed by atoms with Crippen LogP contribution in [-0.4, -0.2) is 28.2 Å². The predicted octanol–water partition coefficient (Wildman–Crippen LogP) is 4.69. The molecule has 3 aromatic rings. The molecular formula is C18H16BrFN4OS. The highest BCUT2D eigenvalue weighted by molar-refractivity contribution is 9.10. The van der Waals surface area contributed by atoms with Crippen molar-refractivity contribution in [3.05, 3.63) is 52.8 Å². The van der Waals surface area contributed by atoms with Gasteiger partial charge in [0.2, 0.25) is 5.91 Å². The number of carbonyl (C=O) groups is 1. The maximum Gasteiger partial charge on any atom is 0.234 e. The molecule has 0 aliphatic heterocycles. The molecule has 0 fully saturated rings. The van der Waals surface area contributed by atoms with Crippen LogP contribution in [0.2, 0.25) is 0 Å². The fraction of sp³-hybridized carbons (Fsp3) is 0.167. The molecule has 134 valence electrons.